The van der Waals surface area contributed by atoms with Crippen molar-refractivity contribution < 1.29 is 13.2 Å². The highest BCUT2D eigenvalue weighted by Crippen LogP contribution is 2.31. The maximum atomic E-state index is 12.9. The molecule has 1 aromatic heterocycles. The quantitative estimate of drug-likeness (QED) is 0.696. The van der Waals surface area contributed by atoms with Crippen LogP contribution in [-0.4, -0.2) is 20.5 Å². The fourth-order valence-electron chi connectivity index (χ4n) is 1.68. The van der Waals surface area contributed by atoms with Crippen LogP contribution < -0.4 is 5.73 Å². The summed E-state index contributed by atoms with van der Waals surface area (Å²) < 4.78 is 39.8. The Bertz CT molecular complexity index is 577. The number of benzene rings is 1. The van der Waals surface area contributed by atoms with Gasteiger partial charge in [0.2, 0.25) is 5.82 Å². The SMILES string of the molecule is CCSc1nnc(C(F)(F)F)n1Cc1ccc(N)cc1. The number of anilines is 1. The predicted molar refractivity (Wildman–Crippen MR) is 71.4 cm³/mol. The maximum Gasteiger partial charge on any atom is 0.451 e. The first kappa shape index (κ1) is 14.7. The van der Waals surface area contributed by atoms with Crippen LogP contribution in [0.25, 0.3) is 0 Å². The maximum absolute atomic E-state index is 12.9. The highest BCUT2D eigenvalue weighted by Gasteiger charge is 2.38. The summed E-state index contributed by atoms with van der Waals surface area (Å²) in [7, 11) is 0. The van der Waals surface area contributed by atoms with Crippen LogP contribution in [0.2, 0.25) is 0 Å². The van der Waals surface area contributed by atoms with Gasteiger partial charge in [0.05, 0.1) is 6.54 Å². The summed E-state index contributed by atoms with van der Waals surface area (Å²) in [6, 6.07) is 6.69. The molecule has 1 aromatic carbocycles. The smallest absolute Gasteiger partial charge is 0.399 e. The fourth-order valence-corrected chi connectivity index (χ4v) is 2.35. The van der Waals surface area contributed by atoms with Crippen molar-refractivity contribution in [1.29, 1.82) is 0 Å². The Hall–Kier alpha value is -1.70. The van der Waals surface area contributed by atoms with E-state index in [1.165, 1.54) is 11.8 Å². The number of nitrogens with zero attached hydrogens (tertiary/aromatic N) is 3. The molecule has 0 amide bonds. The zero-order chi connectivity index (χ0) is 14.8. The molecule has 108 valence electrons. The van der Waals surface area contributed by atoms with E-state index in [1.807, 2.05) is 6.92 Å². The van der Waals surface area contributed by atoms with Gasteiger partial charge in [0.15, 0.2) is 5.16 Å². The lowest BCUT2D eigenvalue weighted by atomic mass is 10.2. The highest BCUT2D eigenvalue weighted by atomic mass is 32.2. The van der Waals surface area contributed by atoms with Crippen molar-refractivity contribution in [3.05, 3.63) is 35.7 Å². The molecule has 0 radical (unpaired) electrons. The fraction of sp³-hybridized carbons (Fsp3) is 0.333. The van der Waals surface area contributed by atoms with E-state index < -0.39 is 12.0 Å². The zero-order valence-electron chi connectivity index (χ0n) is 10.7. The molecule has 20 heavy (non-hydrogen) atoms. The second-order valence-electron chi connectivity index (χ2n) is 4.06. The Balaban J connectivity index is 2.37. The van der Waals surface area contributed by atoms with Gasteiger partial charge in [0.25, 0.3) is 0 Å². The van der Waals surface area contributed by atoms with Gasteiger partial charge in [-0.25, -0.2) is 0 Å². The van der Waals surface area contributed by atoms with Crippen molar-refractivity contribution in [2.45, 2.75) is 24.8 Å². The molecule has 0 spiro atoms. The molecule has 2 N–H and O–H groups in total. The van der Waals surface area contributed by atoms with E-state index in [2.05, 4.69) is 10.2 Å². The van der Waals surface area contributed by atoms with Crippen molar-refractivity contribution >= 4 is 17.4 Å². The number of thioether (sulfide) groups is 1. The van der Waals surface area contributed by atoms with E-state index in [4.69, 9.17) is 5.73 Å². The van der Waals surface area contributed by atoms with Gasteiger partial charge in [-0.15, -0.1) is 10.2 Å². The molecule has 2 rings (SSSR count). The number of nitrogen functional groups attached to an aromatic ring is 1. The number of hydrogen-bond acceptors (Lipinski definition) is 4. The summed E-state index contributed by atoms with van der Waals surface area (Å²) in [6.45, 7) is 1.91. The second kappa shape index (κ2) is 5.74. The number of halogens is 3. The summed E-state index contributed by atoms with van der Waals surface area (Å²) in [4.78, 5) is 0. The van der Waals surface area contributed by atoms with Gasteiger partial charge in [-0.3, -0.25) is 4.57 Å². The molecule has 4 nitrogen and oxygen atoms in total. The van der Waals surface area contributed by atoms with Crippen LogP contribution in [0.3, 0.4) is 0 Å². The minimum atomic E-state index is -4.52. The van der Waals surface area contributed by atoms with Gasteiger partial charge in [0, 0.05) is 5.69 Å². The molecule has 0 aliphatic rings. The van der Waals surface area contributed by atoms with Crippen molar-refractivity contribution in [1.82, 2.24) is 14.8 Å². The molecule has 0 saturated heterocycles. The number of hydrogen-bond donors (Lipinski definition) is 1. The molecule has 0 saturated carbocycles. The number of alkyl halides is 3. The van der Waals surface area contributed by atoms with Crippen LogP contribution in [0.1, 0.15) is 18.3 Å². The largest absolute Gasteiger partial charge is 0.451 e. The van der Waals surface area contributed by atoms with Crippen molar-refractivity contribution in [2.75, 3.05) is 11.5 Å². The Morgan fingerprint density at radius 3 is 2.40 bits per heavy atom. The van der Waals surface area contributed by atoms with Gasteiger partial charge >= 0.3 is 6.18 Å². The molecule has 0 unspecified atom stereocenters. The Labute approximate surface area is 118 Å². The third kappa shape index (κ3) is 3.24. The molecule has 0 aliphatic heterocycles. The standard InChI is InChI=1S/C12H13F3N4S/c1-2-20-11-18-17-10(12(13,14)15)19(11)7-8-3-5-9(16)6-4-8/h3-6H,2,7,16H2,1H3. The Morgan fingerprint density at radius 2 is 1.85 bits per heavy atom. The van der Waals surface area contributed by atoms with E-state index in [-0.39, 0.29) is 11.7 Å². The van der Waals surface area contributed by atoms with Crippen molar-refractivity contribution in [3.8, 4) is 0 Å². The number of nitrogens with two attached hydrogens (primary N) is 1. The van der Waals surface area contributed by atoms with Crippen molar-refractivity contribution in [2.24, 2.45) is 0 Å². The first-order chi connectivity index (χ1) is 9.41. The summed E-state index contributed by atoms with van der Waals surface area (Å²) in [6.07, 6.45) is -4.52. The number of rotatable bonds is 4. The molecule has 0 fully saturated rings. The molecular weight excluding hydrogens is 289 g/mol. The molecular formula is C12H13F3N4S. The number of aromatic nitrogens is 3. The lowest BCUT2D eigenvalue weighted by Gasteiger charge is -2.11. The monoisotopic (exact) mass is 302 g/mol. The summed E-state index contributed by atoms with van der Waals surface area (Å²) in [5.41, 5.74) is 6.84. The van der Waals surface area contributed by atoms with Crippen LogP contribution in [0.15, 0.2) is 29.4 Å². The second-order valence-corrected chi connectivity index (χ2v) is 5.30. The average molecular weight is 302 g/mol. The van der Waals surface area contributed by atoms with Gasteiger partial charge in [0.1, 0.15) is 0 Å². The van der Waals surface area contributed by atoms with E-state index in [9.17, 15) is 13.2 Å². The first-order valence-corrected chi connectivity index (χ1v) is 6.88. The molecule has 0 atom stereocenters. The molecule has 0 bridgehead atoms. The van der Waals surface area contributed by atoms with Gasteiger partial charge in [-0.1, -0.05) is 30.8 Å². The lowest BCUT2D eigenvalue weighted by Crippen LogP contribution is -2.16. The minimum absolute atomic E-state index is 0.0600. The zero-order valence-corrected chi connectivity index (χ0v) is 11.5. The van der Waals surface area contributed by atoms with E-state index >= 15 is 0 Å². The van der Waals surface area contributed by atoms with Crippen LogP contribution >= 0.6 is 11.8 Å². The van der Waals surface area contributed by atoms with Gasteiger partial charge in [-0.05, 0) is 23.4 Å². The normalized spacial score (nSPS) is 11.8. The minimum Gasteiger partial charge on any atom is -0.399 e. The third-order valence-corrected chi connectivity index (χ3v) is 3.41. The van der Waals surface area contributed by atoms with Crippen LogP contribution in [0.4, 0.5) is 18.9 Å². The highest BCUT2D eigenvalue weighted by molar-refractivity contribution is 7.99. The average Bonchev–Trinajstić information content (AvgIpc) is 2.76. The topological polar surface area (TPSA) is 56.7 Å². The van der Waals surface area contributed by atoms with Crippen LogP contribution in [0.5, 0.6) is 0 Å². The summed E-state index contributed by atoms with van der Waals surface area (Å²) in [5, 5.41) is 7.14. The van der Waals surface area contributed by atoms with Crippen LogP contribution in [-0.2, 0) is 12.7 Å². The summed E-state index contributed by atoms with van der Waals surface area (Å²) >= 11 is 1.23. The van der Waals surface area contributed by atoms with Gasteiger partial charge < -0.3 is 5.73 Å². The Kier molecular flexibility index (Phi) is 4.22. The Morgan fingerprint density at radius 1 is 1.20 bits per heavy atom. The first-order valence-electron chi connectivity index (χ1n) is 5.89. The van der Waals surface area contributed by atoms with Gasteiger partial charge in [-0.2, -0.15) is 13.2 Å². The predicted octanol–water partition coefficient (Wildman–Crippen LogP) is 3.04. The van der Waals surface area contributed by atoms with E-state index in [0.29, 0.717) is 17.0 Å². The lowest BCUT2D eigenvalue weighted by molar-refractivity contribution is -0.147. The molecule has 1 heterocycles. The molecule has 8 heteroatoms. The van der Waals surface area contributed by atoms with Crippen LogP contribution in [0, 0.1) is 0 Å². The molecule has 2 aromatic rings. The van der Waals surface area contributed by atoms with E-state index in [0.717, 1.165) is 4.57 Å². The van der Waals surface area contributed by atoms with E-state index in [1.54, 1.807) is 24.3 Å². The summed E-state index contributed by atoms with van der Waals surface area (Å²) in [5.74, 6) is -0.358. The third-order valence-electron chi connectivity index (χ3n) is 2.56. The molecule has 0 aliphatic carbocycles. The van der Waals surface area contributed by atoms with Crippen molar-refractivity contribution in [3.63, 3.8) is 0 Å².